The normalized spacial score (nSPS) is 14.3. The van der Waals surface area contributed by atoms with Crippen molar-refractivity contribution in [3.63, 3.8) is 0 Å². The lowest BCUT2D eigenvalue weighted by Crippen LogP contribution is -2.37. The van der Waals surface area contributed by atoms with Gasteiger partial charge in [-0.3, -0.25) is 0 Å². The van der Waals surface area contributed by atoms with Crippen molar-refractivity contribution in [2.24, 2.45) is 0 Å². The fraction of sp³-hybridized carbons (Fsp3) is 0.455. The van der Waals surface area contributed by atoms with Gasteiger partial charge in [0.05, 0.1) is 11.5 Å². The Morgan fingerprint density at radius 1 is 1.30 bits per heavy atom. The van der Waals surface area contributed by atoms with Gasteiger partial charge in [0, 0.05) is 13.1 Å². The molecule has 1 aromatic rings. The predicted octanol–water partition coefficient (Wildman–Crippen LogP) is 1.59. The van der Waals surface area contributed by atoms with Crippen molar-refractivity contribution >= 4 is 10.0 Å². The molecule has 0 aromatic heterocycles. The molecule has 1 aromatic carbocycles. The van der Waals surface area contributed by atoms with E-state index in [4.69, 9.17) is 5.11 Å². The number of alkyl halides is 3. The topological polar surface area (TPSA) is 66.8 Å². The van der Waals surface area contributed by atoms with Crippen LogP contribution in [-0.2, 0) is 10.0 Å². The highest BCUT2D eigenvalue weighted by Gasteiger charge is 2.31. The summed E-state index contributed by atoms with van der Waals surface area (Å²) in [6, 6.07) is 3.20. The van der Waals surface area contributed by atoms with Crippen molar-refractivity contribution in [2.45, 2.75) is 24.2 Å². The lowest BCUT2D eigenvalue weighted by molar-refractivity contribution is -0.274. The van der Waals surface area contributed by atoms with E-state index >= 15 is 0 Å². The molecule has 0 saturated heterocycles. The molecule has 0 aliphatic carbocycles. The van der Waals surface area contributed by atoms with E-state index in [1.54, 1.807) is 0 Å². The molecular weight excluding hydrogens is 299 g/mol. The second-order valence-electron chi connectivity index (χ2n) is 4.07. The van der Waals surface area contributed by atoms with E-state index in [0.29, 0.717) is 0 Å². The Balaban J connectivity index is 2.98. The first-order chi connectivity index (χ1) is 9.08. The first kappa shape index (κ1) is 16.7. The predicted molar refractivity (Wildman–Crippen MR) is 64.6 cm³/mol. The Kier molecular flexibility index (Phi) is 5.00. The van der Waals surface area contributed by atoms with Gasteiger partial charge < -0.3 is 9.84 Å². The fourth-order valence-electron chi connectivity index (χ4n) is 1.33. The number of nitrogens with zero attached hydrogens (tertiary/aromatic N) is 1. The monoisotopic (exact) mass is 313 g/mol. The number of benzene rings is 1. The Labute approximate surface area is 114 Å². The number of halogens is 3. The third-order valence-corrected chi connectivity index (χ3v) is 4.61. The van der Waals surface area contributed by atoms with Gasteiger partial charge >= 0.3 is 6.36 Å². The van der Waals surface area contributed by atoms with Crippen LogP contribution < -0.4 is 4.74 Å². The number of hydrogen-bond acceptors (Lipinski definition) is 4. The zero-order valence-electron chi connectivity index (χ0n) is 10.8. The van der Waals surface area contributed by atoms with Crippen LogP contribution in [-0.4, -0.2) is 43.9 Å². The van der Waals surface area contributed by atoms with Gasteiger partial charge in [-0.25, -0.2) is 8.42 Å². The summed E-state index contributed by atoms with van der Waals surface area (Å²) in [5.74, 6) is -0.505. The molecule has 0 bridgehead atoms. The Hall–Kier alpha value is -1.32. The molecule has 0 saturated carbocycles. The van der Waals surface area contributed by atoms with Crippen molar-refractivity contribution in [1.82, 2.24) is 4.31 Å². The summed E-state index contributed by atoms with van der Waals surface area (Å²) in [4.78, 5) is -0.185. The smallest absolute Gasteiger partial charge is 0.406 e. The average molecular weight is 313 g/mol. The first-order valence-corrected chi connectivity index (χ1v) is 6.96. The summed E-state index contributed by atoms with van der Waals surface area (Å²) in [6.07, 6.45) is -4.83. The summed E-state index contributed by atoms with van der Waals surface area (Å²) in [6.45, 7) is 1.13. The quantitative estimate of drug-likeness (QED) is 0.896. The molecule has 114 valence electrons. The van der Waals surface area contributed by atoms with Gasteiger partial charge in [-0.15, -0.1) is 13.2 Å². The third-order valence-electron chi connectivity index (χ3n) is 2.62. The Morgan fingerprint density at radius 3 is 2.20 bits per heavy atom. The van der Waals surface area contributed by atoms with Crippen LogP contribution in [0.1, 0.15) is 6.92 Å². The van der Waals surface area contributed by atoms with E-state index in [-0.39, 0.29) is 11.5 Å². The summed E-state index contributed by atoms with van der Waals surface area (Å²) in [7, 11) is -2.60. The zero-order chi connectivity index (χ0) is 15.6. The molecule has 1 rings (SSSR count). The number of rotatable bonds is 5. The van der Waals surface area contributed by atoms with Crippen molar-refractivity contribution in [3.05, 3.63) is 24.3 Å². The number of sulfonamides is 1. The average Bonchev–Trinajstić information content (AvgIpc) is 2.35. The van der Waals surface area contributed by atoms with Crippen molar-refractivity contribution in [3.8, 4) is 5.75 Å². The maximum absolute atomic E-state index is 12.1. The van der Waals surface area contributed by atoms with Gasteiger partial charge in [0.1, 0.15) is 5.75 Å². The minimum Gasteiger partial charge on any atom is -0.406 e. The van der Waals surface area contributed by atoms with Crippen LogP contribution in [0.15, 0.2) is 29.2 Å². The maximum Gasteiger partial charge on any atom is 0.573 e. The Morgan fingerprint density at radius 2 is 1.80 bits per heavy atom. The minimum absolute atomic E-state index is 0.185. The van der Waals surface area contributed by atoms with Crippen LogP contribution in [0.25, 0.3) is 0 Å². The molecule has 0 aliphatic rings. The van der Waals surface area contributed by atoms with Crippen LogP contribution in [0.4, 0.5) is 13.2 Å². The molecule has 1 unspecified atom stereocenters. The van der Waals surface area contributed by atoms with E-state index in [0.717, 1.165) is 28.6 Å². The van der Waals surface area contributed by atoms with E-state index < -0.39 is 28.2 Å². The van der Waals surface area contributed by atoms with Crippen LogP contribution in [0, 0.1) is 0 Å². The molecular formula is C11H14F3NO4S. The Bertz CT molecular complexity index is 542. The summed E-state index contributed by atoms with van der Waals surface area (Å²) in [5.41, 5.74) is 0. The first-order valence-electron chi connectivity index (χ1n) is 5.52. The van der Waals surface area contributed by atoms with Gasteiger partial charge in [-0.1, -0.05) is 0 Å². The SMILES string of the molecule is CC(CO)N(C)S(=O)(=O)c1ccc(OC(F)(F)F)cc1. The molecule has 1 atom stereocenters. The number of hydrogen-bond donors (Lipinski definition) is 1. The number of aliphatic hydroxyl groups excluding tert-OH is 1. The van der Waals surface area contributed by atoms with Gasteiger partial charge in [0.2, 0.25) is 10.0 Å². The third kappa shape index (κ3) is 4.09. The summed E-state index contributed by atoms with van der Waals surface area (Å²) in [5, 5.41) is 8.94. The lowest BCUT2D eigenvalue weighted by atomic mass is 10.3. The molecule has 20 heavy (non-hydrogen) atoms. The van der Waals surface area contributed by atoms with E-state index in [1.807, 2.05) is 0 Å². The highest BCUT2D eigenvalue weighted by atomic mass is 32.2. The van der Waals surface area contributed by atoms with Gasteiger partial charge in [-0.05, 0) is 31.2 Å². The van der Waals surface area contributed by atoms with E-state index in [9.17, 15) is 21.6 Å². The summed E-state index contributed by atoms with van der Waals surface area (Å²) < 4.78 is 64.7. The molecule has 0 aliphatic heterocycles. The van der Waals surface area contributed by atoms with E-state index in [1.165, 1.54) is 14.0 Å². The van der Waals surface area contributed by atoms with Gasteiger partial charge in [0.15, 0.2) is 0 Å². The van der Waals surface area contributed by atoms with Crippen LogP contribution >= 0.6 is 0 Å². The second-order valence-corrected chi connectivity index (χ2v) is 6.07. The largest absolute Gasteiger partial charge is 0.573 e. The highest BCUT2D eigenvalue weighted by Crippen LogP contribution is 2.25. The highest BCUT2D eigenvalue weighted by molar-refractivity contribution is 7.89. The van der Waals surface area contributed by atoms with Gasteiger partial charge in [0.25, 0.3) is 0 Å². The number of likely N-dealkylation sites (N-methyl/N-ethyl adjacent to an activating group) is 1. The van der Waals surface area contributed by atoms with Crippen LogP contribution in [0.2, 0.25) is 0 Å². The maximum atomic E-state index is 12.1. The van der Waals surface area contributed by atoms with Crippen LogP contribution in [0.5, 0.6) is 5.75 Å². The molecule has 0 heterocycles. The lowest BCUT2D eigenvalue weighted by Gasteiger charge is -2.22. The number of aliphatic hydroxyl groups is 1. The molecule has 0 amide bonds. The summed E-state index contributed by atoms with van der Waals surface area (Å²) >= 11 is 0. The minimum atomic E-state index is -4.83. The second kappa shape index (κ2) is 5.98. The molecule has 1 N–H and O–H groups in total. The molecule has 0 radical (unpaired) electrons. The van der Waals surface area contributed by atoms with E-state index in [2.05, 4.69) is 4.74 Å². The standard InChI is InChI=1S/C11H14F3NO4S/c1-8(7-16)15(2)20(17,18)10-5-3-9(4-6-10)19-11(12,13)14/h3-6,8,16H,7H2,1-2H3. The van der Waals surface area contributed by atoms with Crippen molar-refractivity contribution in [2.75, 3.05) is 13.7 Å². The molecule has 0 spiro atoms. The van der Waals surface area contributed by atoms with Crippen molar-refractivity contribution in [1.29, 1.82) is 0 Å². The van der Waals surface area contributed by atoms with Crippen molar-refractivity contribution < 1.29 is 31.4 Å². The molecule has 9 heteroatoms. The fourth-order valence-corrected chi connectivity index (χ4v) is 2.68. The molecule has 0 fully saturated rings. The number of ether oxygens (including phenoxy) is 1. The zero-order valence-corrected chi connectivity index (χ0v) is 11.6. The molecule has 5 nitrogen and oxygen atoms in total. The van der Waals surface area contributed by atoms with Crippen LogP contribution in [0.3, 0.4) is 0 Å². The van der Waals surface area contributed by atoms with Gasteiger partial charge in [-0.2, -0.15) is 4.31 Å².